The Morgan fingerprint density at radius 2 is 1.79 bits per heavy atom. The number of hydrogen-bond acceptors (Lipinski definition) is 2. The third-order valence-electron chi connectivity index (χ3n) is 2.29. The highest BCUT2D eigenvalue weighted by molar-refractivity contribution is 5.70. The number of hydrogen-bond donors (Lipinski definition) is 1. The van der Waals surface area contributed by atoms with Crippen LogP contribution < -0.4 is 0 Å². The summed E-state index contributed by atoms with van der Waals surface area (Å²) in [7, 11) is 0. The van der Waals surface area contributed by atoms with E-state index in [1.165, 1.54) is 19.3 Å². The van der Waals surface area contributed by atoms with E-state index in [0.29, 0.717) is 12.6 Å². The number of nitrogens with one attached hydrogen (secondary N) is 1. The molecule has 82 valence electrons. The molecule has 1 rings (SSSR count). The maximum absolute atomic E-state index is 7.77. The van der Waals surface area contributed by atoms with Crippen LogP contribution in [-0.4, -0.2) is 30.6 Å². The van der Waals surface area contributed by atoms with Crippen molar-refractivity contribution in [3.05, 3.63) is 0 Å². The van der Waals surface area contributed by atoms with Gasteiger partial charge in [0.1, 0.15) is 0 Å². The second-order valence-electron chi connectivity index (χ2n) is 5.20. The maximum atomic E-state index is 7.77. The molecule has 0 spiro atoms. The van der Waals surface area contributed by atoms with Crippen molar-refractivity contribution in [2.45, 2.75) is 40.0 Å². The lowest BCUT2D eigenvalue weighted by Gasteiger charge is -2.29. The van der Waals surface area contributed by atoms with Crippen molar-refractivity contribution in [2.24, 2.45) is 5.41 Å². The Labute approximate surface area is 86.9 Å². The van der Waals surface area contributed by atoms with Gasteiger partial charge in [0.05, 0.1) is 6.61 Å². The Bertz CT molecular complexity index is 190. The molecule has 14 heavy (non-hydrogen) atoms. The molecule has 0 aromatic rings. The van der Waals surface area contributed by atoms with Gasteiger partial charge in [0.25, 0.3) is 6.02 Å². The molecule has 0 radical (unpaired) electrons. The minimum absolute atomic E-state index is 0.141. The Balaban J connectivity index is 2.27. The van der Waals surface area contributed by atoms with Gasteiger partial charge in [-0.1, -0.05) is 20.8 Å². The van der Waals surface area contributed by atoms with E-state index in [4.69, 9.17) is 10.1 Å². The summed E-state index contributed by atoms with van der Waals surface area (Å²) in [5.41, 5.74) is 0.141. The number of piperidine rings is 1. The van der Waals surface area contributed by atoms with Crippen LogP contribution in [0.4, 0.5) is 0 Å². The van der Waals surface area contributed by atoms with Crippen LogP contribution in [0, 0.1) is 10.8 Å². The van der Waals surface area contributed by atoms with Gasteiger partial charge in [0.2, 0.25) is 0 Å². The fourth-order valence-electron chi connectivity index (χ4n) is 1.47. The average Bonchev–Trinajstić information content (AvgIpc) is 2.14. The van der Waals surface area contributed by atoms with E-state index < -0.39 is 0 Å². The minimum Gasteiger partial charge on any atom is -0.465 e. The third kappa shape index (κ3) is 3.99. The second-order valence-corrected chi connectivity index (χ2v) is 5.20. The summed E-state index contributed by atoms with van der Waals surface area (Å²) in [6, 6.07) is 0.361. The lowest BCUT2D eigenvalue weighted by Crippen LogP contribution is -2.37. The minimum atomic E-state index is 0.141. The van der Waals surface area contributed by atoms with Crippen molar-refractivity contribution in [3.8, 4) is 0 Å². The molecule has 1 N–H and O–H groups in total. The van der Waals surface area contributed by atoms with Crippen LogP contribution in [0.5, 0.6) is 0 Å². The SMILES string of the molecule is CC(C)(C)COC(=N)N1CCCCC1. The van der Waals surface area contributed by atoms with Crippen molar-refractivity contribution in [3.63, 3.8) is 0 Å². The van der Waals surface area contributed by atoms with Gasteiger partial charge in [0, 0.05) is 13.1 Å². The number of amidine groups is 1. The van der Waals surface area contributed by atoms with Crippen molar-refractivity contribution < 1.29 is 4.74 Å². The zero-order valence-corrected chi connectivity index (χ0v) is 9.60. The van der Waals surface area contributed by atoms with Crippen LogP contribution in [0.15, 0.2) is 0 Å². The molecule has 0 aromatic carbocycles. The van der Waals surface area contributed by atoms with Gasteiger partial charge in [-0.2, -0.15) is 0 Å². The highest BCUT2D eigenvalue weighted by atomic mass is 16.5. The number of rotatable bonds is 1. The first-order chi connectivity index (χ1) is 6.49. The summed E-state index contributed by atoms with van der Waals surface area (Å²) in [6.45, 7) is 8.97. The molecule has 0 aromatic heterocycles. The molecule has 1 heterocycles. The van der Waals surface area contributed by atoms with E-state index in [1.54, 1.807) is 0 Å². The summed E-state index contributed by atoms with van der Waals surface area (Å²) < 4.78 is 5.46. The Kier molecular flexibility index (Phi) is 3.78. The van der Waals surface area contributed by atoms with Crippen LogP contribution in [0.1, 0.15) is 40.0 Å². The van der Waals surface area contributed by atoms with Gasteiger partial charge in [0.15, 0.2) is 0 Å². The first kappa shape index (κ1) is 11.3. The molecule has 1 saturated heterocycles. The van der Waals surface area contributed by atoms with Crippen LogP contribution in [0.3, 0.4) is 0 Å². The molecule has 1 aliphatic rings. The van der Waals surface area contributed by atoms with Gasteiger partial charge in [-0.05, 0) is 24.7 Å². The quantitative estimate of drug-likeness (QED) is 0.519. The van der Waals surface area contributed by atoms with Gasteiger partial charge < -0.3 is 9.64 Å². The largest absolute Gasteiger partial charge is 0.465 e. The summed E-state index contributed by atoms with van der Waals surface area (Å²) >= 11 is 0. The Morgan fingerprint density at radius 1 is 1.21 bits per heavy atom. The topological polar surface area (TPSA) is 36.3 Å². The summed E-state index contributed by atoms with van der Waals surface area (Å²) in [4.78, 5) is 2.04. The summed E-state index contributed by atoms with van der Waals surface area (Å²) in [5.74, 6) is 0. The lowest BCUT2D eigenvalue weighted by molar-refractivity contribution is 0.144. The van der Waals surface area contributed by atoms with Crippen molar-refractivity contribution >= 4 is 6.02 Å². The fourth-order valence-corrected chi connectivity index (χ4v) is 1.47. The standard InChI is InChI=1S/C11H22N2O/c1-11(2,3)9-14-10(12)13-7-5-4-6-8-13/h12H,4-9H2,1-3H3. The van der Waals surface area contributed by atoms with E-state index in [1.807, 2.05) is 4.90 Å². The molecule has 0 atom stereocenters. The van der Waals surface area contributed by atoms with Gasteiger partial charge in [-0.15, -0.1) is 0 Å². The van der Waals surface area contributed by atoms with E-state index in [-0.39, 0.29) is 5.41 Å². The zero-order valence-electron chi connectivity index (χ0n) is 9.60. The Hall–Kier alpha value is -0.730. The second kappa shape index (κ2) is 4.67. The average molecular weight is 198 g/mol. The first-order valence-corrected chi connectivity index (χ1v) is 5.45. The molecule has 0 amide bonds. The molecule has 3 nitrogen and oxygen atoms in total. The molecule has 0 saturated carbocycles. The third-order valence-corrected chi connectivity index (χ3v) is 2.29. The number of likely N-dealkylation sites (tertiary alicyclic amines) is 1. The Morgan fingerprint density at radius 3 is 2.29 bits per heavy atom. The predicted molar refractivity (Wildman–Crippen MR) is 58.6 cm³/mol. The van der Waals surface area contributed by atoms with E-state index in [2.05, 4.69) is 20.8 Å². The van der Waals surface area contributed by atoms with Crippen molar-refractivity contribution in [1.82, 2.24) is 4.90 Å². The lowest BCUT2D eigenvalue weighted by atomic mass is 9.99. The number of ether oxygens (including phenoxy) is 1. The molecule has 1 fully saturated rings. The van der Waals surface area contributed by atoms with Crippen molar-refractivity contribution in [2.75, 3.05) is 19.7 Å². The van der Waals surface area contributed by atoms with Gasteiger partial charge >= 0.3 is 0 Å². The molecule has 3 heteroatoms. The number of nitrogens with zero attached hydrogens (tertiary/aromatic N) is 1. The van der Waals surface area contributed by atoms with E-state index in [0.717, 1.165) is 13.1 Å². The highest BCUT2D eigenvalue weighted by Gasteiger charge is 2.17. The normalized spacial score (nSPS) is 18.1. The monoisotopic (exact) mass is 198 g/mol. The van der Waals surface area contributed by atoms with Crippen LogP contribution in [0.2, 0.25) is 0 Å². The maximum Gasteiger partial charge on any atom is 0.284 e. The smallest absolute Gasteiger partial charge is 0.284 e. The van der Waals surface area contributed by atoms with E-state index in [9.17, 15) is 0 Å². The van der Waals surface area contributed by atoms with E-state index >= 15 is 0 Å². The molecule has 0 aliphatic carbocycles. The fraction of sp³-hybridized carbons (Fsp3) is 0.909. The van der Waals surface area contributed by atoms with Gasteiger partial charge in [-0.25, -0.2) is 0 Å². The van der Waals surface area contributed by atoms with Crippen molar-refractivity contribution in [1.29, 1.82) is 5.41 Å². The van der Waals surface area contributed by atoms with Gasteiger partial charge in [-0.3, -0.25) is 5.41 Å². The summed E-state index contributed by atoms with van der Waals surface area (Å²) in [6.07, 6.45) is 3.69. The van der Waals surface area contributed by atoms with Crippen LogP contribution in [-0.2, 0) is 4.74 Å². The predicted octanol–water partition coefficient (Wildman–Crippen LogP) is 2.47. The molecular formula is C11H22N2O. The zero-order chi connectivity index (χ0) is 10.6. The first-order valence-electron chi connectivity index (χ1n) is 5.45. The molecule has 1 aliphatic heterocycles. The molecule has 0 unspecified atom stereocenters. The van der Waals surface area contributed by atoms with Crippen LogP contribution >= 0.6 is 0 Å². The highest BCUT2D eigenvalue weighted by Crippen LogP contribution is 2.15. The van der Waals surface area contributed by atoms with Crippen LogP contribution in [0.25, 0.3) is 0 Å². The molecular weight excluding hydrogens is 176 g/mol. The molecule has 0 bridgehead atoms. The summed E-state index contributed by atoms with van der Waals surface area (Å²) in [5, 5.41) is 7.77.